The third-order valence-electron chi connectivity index (χ3n) is 5.73. The van der Waals surface area contributed by atoms with Gasteiger partial charge in [0.2, 0.25) is 6.29 Å². The molecule has 2 aromatic rings. The molecule has 2 heterocycles. The van der Waals surface area contributed by atoms with Crippen molar-refractivity contribution in [3.63, 3.8) is 0 Å². The molecule has 0 saturated carbocycles. The van der Waals surface area contributed by atoms with E-state index in [0.717, 1.165) is 17.9 Å². The molecule has 0 amide bonds. The van der Waals surface area contributed by atoms with Crippen molar-refractivity contribution in [1.29, 1.82) is 0 Å². The lowest BCUT2D eigenvalue weighted by Gasteiger charge is -2.40. The molecule has 0 aliphatic carbocycles. The first kappa shape index (κ1) is 17.5. The van der Waals surface area contributed by atoms with Gasteiger partial charge in [0.15, 0.2) is 0 Å². The average molecular weight is 351 g/mol. The van der Waals surface area contributed by atoms with Gasteiger partial charge in [0, 0.05) is 23.5 Å². The Labute approximate surface area is 157 Å². The van der Waals surface area contributed by atoms with Crippen LogP contribution >= 0.6 is 0 Å². The second-order valence-electron chi connectivity index (χ2n) is 9.92. The summed E-state index contributed by atoms with van der Waals surface area (Å²) in [7, 11) is 0. The Morgan fingerprint density at radius 1 is 0.808 bits per heavy atom. The van der Waals surface area contributed by atoms with Crippen molar-refractivity contribution in [3.05, 3.63) is 58.1 Å². The fraction of sp³-hybridized carbons (Fsp3) is 0.500. The molecule has 2 unspecified atom stereocenters. The minimum atomic E-state index is -0.181. The molecule has 0 fully saturated rings. The molecular formula is C24H30O2. The minimum absolute atomic E-state index is 0.123. The van der Waals surface area contributed by atoms with Gasteiger partial charge in [-0.1, -0.05) is 65.8 Å². The largest absolute Gasteiger partial charge is 0.455 e. The maximum Gasteiger partial charge on any atom is 0.242 e. The Balaban J connectivity index is 1.90. The van der Waals surface area contributed by atoms with E-state index in [1.54, 1.807) is 0 Å². The molecule has 2 heteroatoms. The van der Waals surface area contributed by atoms with Gasteiger partial charge in [0.05, 0.1) is 0 Å². The highest BCUT2D eigenvalue weighted by Crippen LogP contribution is 2.50. The van der Waals surface area contributed by atoms with Crippen molar-refractivity contribution in [3.8, 4) is 11.5 Å². The van der Waals surface area contributed by atoms with Crippen LogP contribution in [0.25, 0.3) is 0 Å². The Morgan fingerprint density at radius 3 is 2.12 bits per heavy atom. The Morgan fingerprint density at radius 2 is 1.46 bits per heavy atom. The quantitative estimate of drug-likeness (QED) is 0.561. The van der Waals surface area contributed by atoms with E-state index < -0.39 is 0 Å². The summed E-state index contributed by atoms with van der Waals surface area (Å²) in [6.07, 6.45) is 0.709. The lowest BCUT2D eigenvalue weighted by atomic mass is 9.77. The zero-order valence-corrected chi connectivity index (χ0v) is 17.1. The molecule has 2 bridgehead atoms. The molecule has 4 rings (SSSR count). The number of hydrogen-bond donors (Lipinski definition) is 0. The third-order valence-corrected chi connectivity index (χ3v) is 5.73. The van der Waals surface area contributed by atoms with Crippen LogP contribution in [0, 0.1) is 6.92 Å². The molecule has 2 aromatic carbocycles. The predicted octanol–water partition coefficient (Wildman–Crippen LogP) is 6.22. The molecule has 2 atom stereocenters. The first-order valence-corrected chi connectivity index (χ1v) is 9.67. The lowest BCUT2D eigenvalue weighted by molar-refractivity contribution is -0.0270. The zero-order chi connectivity index (χ0) is 18.9. The van der Waals surface area contributed by atoms with Gasteiger partial charge in [-0.25, -0.2) is 0 Å². The van der Waals surface area contributed by atoms with Crippen molar-refractivity contribution >= 4 is 0 Å². The second kappa shape index (κ2) is 5.52. The Bertz CT molecular complexity index is 865. The fourth-order valence-electron chi connectivity index (χ4n) is 4.06. The Kier molecular flexibility index (Phi) is 3.70. The SMILES string of the molecule is Cc1cc(C(C)(C)C)cc2c1OC1CC2c2cc(C(C)(C)C)ccc2O1. The van der Waals surface area contributed by atoms with E-state index >= 15 is 0 Å². The number of benzene rings is 2. The highest BCUT2D eigenvalue weighted by molar-refractivity contribution is 5.56. The maximum atomic E-state index is 6.23. The fourth-order valence-corrected chi connectivity index (χ4v) is 4.06. The molecule has 2 aliphatic rings. The van der Waals surface area contributed by atoms with Crippen LogP contribution in [0.2, 0.25) is 0 Å². The summed E-state index contributed by atoms with van der Waals surface area (Å²) in [6, 6.07) is 11.3. The Hall–Kier alpha value is -1.96. The van der Waals surface area contributed by atoms with E-state index in [9.17, 15) is 0 Å². The van der Waals surface area contributed by atoms with Crippen molar-refractivity contribution in [1.82, 2.24) is 0 Å². The summed E-state index contributed by atoms with van der Waals surface area (Å²) in [5, 5.41) is 0. The highest BCUT2D eigenvalue weighted by Gasteiger charge is 2.38. The number of fused-ring (bicyclic) bond motifs is 6. The van der Waals surface area contributed by atoms with Crippen LogP contribution in [0.15, 0.2) is 30.3 Å². The van der Waals surface area contributed by atoms with E-state index in [1.807, 2.05) is 0 Å². The van der Waals surface area contributed by atoms with E-state index in [2.05, 4.69) is 78.8 Å². The summed E-state index contributed by atoms with van der Waals surface area (Å²) in [6.45, 7) is 15.8. The van der Waals surface area contributed by atoms with Crippen molar-refractivity contribution < 1.29 is 9.47 Å². The standard InChI is InChI=1S/C24H30O2/c1-14-10-16(24(5,6)7)12-19-17-13-21(26-22(14)19)25-20-9-8-15(11-18(17)20)23(2,3)4/h8-12,17,21H,13H2,1-7H3. The molecule has 0 radical (unpaired) electrons. The smallest absolute Gasteiger partial charge is 0.242 e. The lowest BCUT2D eigenvalue weighted by Crippen LogP contribution is -2.36. The maximum absolute atomic E-state index is 6.23. The van der Waals surface area contributed by atoms with Gasteiger partial charge >= 0.3 is 0 Å². The first-order valence-electron chi connectivity index (χ1n) is 9.67. The summed E-state index contributed by atoms with van der Waals surface area (Å²) < 4.78 is 12.4. The van der Waals surface area contributed by atoms with Crippen LogP contribution in [0.5, 0.6) is 11.5 Å². The minimum Gasteiger partial charge on any atom is -0.455 e. The van der Waals surface area contributed by atoms with Gasteiger partial charge in [-0.3, -0.25) is 0 Å². The summed E-state index contributed by atoms with van der Waals surface area (Å²) in [4.78, 5) is 0. The normalized spacial score (nSPS) is 21.3. The van der Waals surface area contributed by atoms with Gasteiger partial charge in [-0.15, -0.1) is 0 Å². The van der Waals surface area contributed by atoms with Crippen molar-refractivity contribution in [2.75, 3.05) is 0 Å². The van der Waals surface area contributed by atoms with Crippen LogP contribution in [0.3, 0.4) is 0 Å². The molecular weight excluding hydrogens is 320 g/mol. The summed E-state index contributed by atoms with van der Waals surface area (Å²) in [5.74, 6) is 2.34. The second-order valence-corrected chi connectivity index (χ2v) is 9.92. The van der Waals surface area contributed by atoms with Gasteiger partial charge in [-0.2, -0.15) is 0 Å². The topological polar surface area (TPSA) is 18.5 Å². The monoisotopic (exact) mass is 350 g/mol. The molecule has 26 heavy (non-hydrogen) atoms. The van der Waals surface area contributed by atoms with Gasteiger partial charge in [0.1, 0.15) is 11.5 Å². The van der Waals surface area contributed by atoms with E-state index in [4.69, 9.17) is 9.47 Å². The number of ether oxygens (including phenoxy) is 2. The van der Waals surface area contributed by atoms with Gasteiger partial charge < -0.3 is 9.47 Å². The summed E-state index contributed by atoms with van der Waals surface area (Å²) >= 11 is 0. The van der Waals surface area contributed by atoms with E-state index in [1.165, 1.54) is 27.8 Å². The molecule has 2 aliphatic heterocycles. The van der Waals surface area contributed by atoms with Gasteiger partial charge in [-0.05, 0) is 40.5 Å². The zero-order valence-electron chi connectivity index (χ0n) is 17.1. The van der Waals surface area contributed by atoms with Crippen molar-refractivity contribution in [2.45, 2.75) is 77.9 Å². The van der Waals surface area contributed by atoms with E-state index in [-0.39, 0.29) is 17.1 Å². The molecule has 0 aromatic heterocycles. The van der Waals surface area contributed by atoms with Crippen LogP contribution in [0.1, 0.15) is 81.7 Å². The van der Waals surface area contributed by atoms with Crippen LogP contribution in [0.4, 0.5) is 0 Å². The summed E-state index contributed by atoms with van der Waals surface area (Å²) in [5.41, 5.74) is 6.82. The molecule has 0 spiro atoms. The number of rotatable bonds is 0. The molecule has 0 N–H and O–H groups in total. The van der Waals surface area contributed by atoms with E-state index in [0.29, 0.717) is 5.92 Å². The predicted molar refractivity (Wildman–Crippen MR) is 107 cm³/mol. The molecule has 0 saturated heterocycles. The van der Waals surface area contributed by atoms with Crippen LogP contribution < -0.4 is 9.47 Å². The van der Waals surface area contributed by atoms with Crippen molar-refractivity contribution in [2.24, 2.45) is 0 Å². The molecule has 2 nitrogen and oxygen atoms in total. The van der Waals surface area contributed by atoms with Crippen LogP contribution in [-0.2, 0) is 10.8 Å². The van der Waals surface area contributed by atoms with Gasteiger partial charge in [0.25, 0.3) is 0 Å². The number of hydrogen-bond acceptors (Lipinski definition) is 2. The first-order chi connectivity index (χ1) is 12.0. The van der Waals surface area contributed by atoms with Crippen LogP contribution in [-0.4, -0.2) is 6.29 Å². The number of aryl methyl sites for hydroxylation is 1. The highest BCUT2D eigenvalue weighted by atomic mass is 16.7. The third kappa shape index (κ3) is 2.80. The molecule has 138 valence electrons. The average Bonchev–Trinajstić information content (AvgIpc) is 2.53.